The molecule has 0 radical (unpaired) electrons. The van der Waals surface area contributed by atoms with Crippen molar-refractivity contribution in [2.75, 3.05) is 0 Å². The van der Waals surface area contributed by atoms with Crippen LogP contribution in [0.3, 0.4) is 0 Å². The van der Waals surface area contributed by atoms with Crippen LogP contribution in [0.1, 0.15) is 5.56 Å². The lowest BCUT2D eigenvalue weighted by molar-refractivity contribution is 0.455. The van der Waals surface area contributed by atoms with Gasteiger partial charge in [0.2, 0.25) is 9.84 Å². The minimum absolute atomic E-state index is 0.0269. The first-order valence-corrected chi connectivity index (χ1v) is 6.25. The van der Waals surface area contributed by atoms with E-state index in [1.54, 1.807) is 19.1 Å². The molecule has 1 aliphatic rings. The summed E-state index contributed by atoms with van der Waals surface area (Å²) in [6, 6.07) is 4.53. The van der Waals surface area contributed by atoms with Crippen molar-refractivity contribution in [1.82, 2.24) is 5.32 Å². The first-order valence-electron chi connectivity index (χ1n) is 4.77. The molecule has 0 spiro atoms. The number of benzene rings is 1. The molecule has 0 unspecified atom stereocenters. The van der Waals surface area contributed by atoms with Crippen LogP contribution in [0.15, 0.2) is 39.3 Å². The number of hydrogen-bond donors (Lipinski definition) is 3. The second kappa shape index (κ2) is 3.77. The molecular formula is C10H11N3O3S. The molecule has 1 heterocycles. The van der Waals surface area contributed by atoms with Gasteiger partial charge in [0, 0.05) is 6.20 Å². The number of aromatic hydroxyl groups is 1. The minimum Gasteiger partial charge on any atom is -0.506 e. The van der Waals surface area contributed by atoms with Crippen LogP contribution in [0.5, 0.6) is 5.75 Å². The third-order valence-electron chi connectivity index (χ3n) is 2.48. The monoisotopic (exact) mass is 253 g/mol. The summed E-state index contributed by atoms with van der Waals surface area (Å²) >= 11 is 0. The minimum atomic E-state index is -3.78. The fourth-order valence-electron chi connectivity index (χ4n) is 1.47. The highest BCUT2D eigenvalue weighted by Gasteiger charge is 2.32. The number of nitrogens with one attached hydrogen (secondary N) is 1. The highest BCUT2D eigenvalue weighted by molar-refractivity contribution is 7.96. The van der Waals surface area contributed by atoms with Crippen LogP contribution in [0.4, 0.5) is 0 Å². The molecule has 0 atom stereocenters. The Kier molecular flexibility index (Phi) is 2.55. The number of para-hydroxylation sites is 1. The van der Waals surface area contributed by atoms with Crippen molar-refractivity contribution in [3.8, 4) is 5.75 Å². The number of phenolic OH excluding ortho intramolecular Hbond substituents is 1. The predicted molar refractivity (Wildman–Crippen MR) is 62.9 cm³/mol. The predicted octanol–water partition coefficient (Wildman–Crippen LogP) is 0.191. The molecule has 0 amide bonds. The van der Waals surface area contributed by atoms with Gasteiger partial charge in [-0.1, -0.05) is 12.1 Å². The number of hydrogen-bond acceptors (Lipinski definition) is 5. The van der Waals surface area contributed by atoms with Gasteiger partial charge in [-0.3, -0.25) is 0 Å². The Hall–Kier alpha value is -2.02. The maximum absolute atomic E-state index is 12.2. The Labute approximate surface area is 98.4 Å². The number of aryl methyl sites for hydroxylation is 1. The summed E-state index contributed by atoms with van der Waals surface area (Å²) in [5, 5.41) is 15.6. The number of hydrazone groups is 1. The van der Waals surface area contributed by atoms with Gasteiger partial charge in [-0.25, -0.2) is 8.42 Å². The highest BCUT2D eigenvalue weighted by atomic mass is 32.2. The molecule has 2 rings (SSSR count). The molecule has 90 valence electrons. The van der Waals surface area contributed by atoms with E-state index < -0.39 is 9.84 Å². The van der Waals surface area contributed by atoms with Crippen molar-refractivity contribution in [2.24, 2.45) is 10.9 Å². The molecule has 0 fully saturated rings. The SMILES string of the molecule is Cc1cccc(S(=O)(=O)C2=CNC2=NN)c1O. The van der Waals surface area contributed by atoms with Gasteiger partial charge in [-0.05, 0) is 18.6 Å². The van der Waals surface area contributed by atoms with E-state index >= 15 is 0 Å². The largest absolute Gasteiger partial charge is 0.506 e. The van der Waals surface area contributed by atoms with Crippen LogP contribution in [0, 0.1) is 6.92 Å². The van der Waals surface area contributed by atoms with Crippen molar-refractivity contribution >= 4 is 15.7 Å². The van der Waals surface area contributed by atoms with E-state index in [0.717, 1.165) is 0 Å². The smallest absolute Gasteiger partial charge is 0.215 e. The zero-order chi connectivity index (χ0) is 12.6. The van der Waals surface area contributed by atoms with Gasteiger partial charge in [0.25, 0.3) is 0 Å². The summed E-state index contributed by atoms with van der Waals surface area (Å²) < 4.78 is 24.3. The lowest BCUT2D eigenvalue weighted by Gasteiger charge is -2.19. The summed E-state index contributed by atoms with van der Waals surface area (Å²) in [7, 11) is -3.78. The number of amidine groups is 1. The summed E-state index contributed by atoms with van der Waals surface area (Å²) in [5.41, 5.74) is 0.491. The molecule has 7 heteroatoms. The van der Waals surface area contributed by atoms with Gasteiger partial charge in [-0.2, -0.15) is 5.10 Å². The molecule has 0 aliphatic carbocycles. The van der Waals surface area contributed by atoms with Crippen LogP contribution in [-0.4, -0.2) is 19.4 Å². The maximum atomic E-state index is 12.2. The van der Waals surface area contributed by atoms with E-state index in [-0.39, 0.29) is 21.4 Å². The van der Waals surface area contributed by atoms with Crippen molar-refractivity contribution in [3.05, 3.63) is 34.9 Å². The van der Waals surface area contributed by atoms with E-state index in [4.69, 9.17) is 5.84 Å². The lowest BCUT2D eigenvalue weighted by atomic mass is 10.2. The van der Waals surface area contributed by atoms with Gasteiger partial charge in [0.15, 0.2) is 5.84 Å². The zero-order valence-corrected chi connectivity index (χ0v) is 9.82. The van der Waals surface area contributed by atoms with Gasteiger partial charge in [-0.15, -0.1) is 0 Å². The average molecular weight is 253 g/mol. The average Bonchev–Trinajstić information content (AvgIpc) is 2.20. The quantitative estimate of drug-likeness (QED) is 0.515. The second-order valence-corrected chi connectivity index (χ2v) is 5.44. The van der Waals surface area contributed by atoms with E-state index in [1.807, 2.05) is 0 Å². The molecule has 0 aromatic heterocycles. The van der Waals surface area contributed by atoms with Crippen LogP contribution >= 0.6 is 0 Å². The highest BCUT2D eigenvalue weighted by Crippen LogP contribution is 2.31. The van der Waals surface area contributed by atoms with Crippen molar-refractivity contribution in [3.63, 3.8) is 0 Å². The molecule has 0 saturated carbocycles. The first-order chi connectivity index (χ1) is 7.98. The number of rotatable bonds is 2. The Morgan fingerprint density at radius 1 is 1.41 bits per heavy atom. The molecule has 1 aliphatic heterocycles. The molecule has 17 heavy (non-hydrogen) atoms. The fourth-order valence-corrected chi connectivity index (χ4v) is 2.96. The van der Waals surface area contributed by atoms with E-state index in [0.29, 0.717) is 5.56 Å². The number of sulfone groups is 1. The Morgan fingerprint density at radius 3 is 2.65 bits per heavy atom. The summed E-state index contributed by atoms with van der Waals surface area (Å²) in [6.45, 7) is 1.62. The van der Waals surface area contributed by atoms with Crippen molar-refractivity contribution in [2.45, 2.75) is 11.8 Å². The Bertz CT molecular complexity index is 632. The van der Waals surface area contributed by atoms with E-state index in [2.05, 4.69) is 10.4 Å². The zero-order valence-electron chi connectivity index (χ0n) is 9.01. The Morgan fingerprint density at radius 2 is 2.12 bits per heavy atom. The molecule has 1 aromatic carbocycles. The van der Waals surface area contributed by atoms with Crippen LogP contribution < -0.4 is 11.2 Å². The van der Waals surface area contributed by atoms with Gasteiger partial charge in [0.1, 0.15) is 15.6 Å². The third kappa shape index (κ3) is 1.64. The number of nitrogens with zero attached hydrogens (tertiary/aromatic N) is 1. The molecule has 6 nitrogen and oxygen atoms in total. The first kappa shape index (κ1) is 11.5. The van der Waals surface area contributed by atoms with Gasteiger partial charge < -0.3 is 16.3 Å². The normalized spacial score (nSPS) is 17.2. The fraction of sp³-hybridized carbons (Fsp3) is 0.100. The van der Waals surface area contributed by atoms with Gasteiger partial charge in [0.05, 0.1) is 0 Å². The van der Waals surface area contributed by atoms with Crippen LogP contribution in [-0.2, 0) is 9.84 Å². The lowest BCUT2D eigenvalue weighted by Crippen LogP contribution is -2.36. The van der Waals surface area contributed by atoms with Crippen molar-refractivity contribution < 1.29 is 13.5 Å². The van der Waals surface area contributed by atoms with Crippen LogP contribution in [0.25, 0.3) is 0 Å². The Balaban J connectivity index is 2.58. The standard InChI is InChI=1S/C10H11N3O3S/c1-6-3-2-4-7(9(6)14)17(15,16)8-5-12-10(8)13-11/h2-5,14H,11H2,1H3,(H,12,13). The summed E-state index contributed by atoms with van der Waals surface area (Å²) in [5.74, 6) is 4.86. The van der Waals surface area contributed by atoms with E-state index in [1.165, 1.54) is 12.3 Å². The summed E-state index contributed by atoms with van der Waals surface area (Å²) in [6.07, 6.45) is 1.28. The second-order valence-electron chi connectivity index (χ2n) is 3.56. The molecule has 0 saturated heterocycles. The molecular weight excluding hydrogens is 242 g/mol. The number of phenols is 1. The number of nitrogens with two attached hydrogens (primary N) is 1. The van der Waals surface area contributed by atoms with E-state index in [9.17, 15) is 13.5 Å². The van der Waals surface area contributed by atoms with Crippen LogP contribution in [0.2, 0.25) is 0 Å². The molecule has 1 aromatic rings. The maximum Gasteiger partial charge on any atom is 0.215 e. The van der Waals surface area contributed by atoms with Gasteiger partial charge >= 0.3 is 0 Å². The van der Waals surface area contributed by atoms with Crippen molar-refractivity contribution in [1.29, 1.82) is 0 Å². The third-order valence-corrected chi connectivity index (χ3v) is 4.28. The summed E-state index contributed by atoms with van der Waals surface area (Å²) in [4.78, 5) is -0.174. The molecule has 0 bridgehead atoms. The molecule has 4 N–H and O–H groups in total. The topological polar surface area (TPSA) is 105 Å².